The van der Waals surface area contributed by atoms with Gasteiger partial charge in [0, 0.05) is 17.1 Å². The Morgan fingerprint density at radius 1 is 1.15 bits per heavy atom. The molecular formula is C19H19ClFNO4. The summed E-state index contributed by atoms with van der Waals surface area (Å²) < 4.78 is 23.2. The van der Waals surface area contributed by atoms with Gasteiger partial charge in [-0.1, -0.05) is 11.6 Å². The molecule has 0 saturated heterocycles. The zero-order chi connectivity index (χ0) is 18.9. The minimum absolute atomic E-state index is 0.135. The maximum absolute atomic E-state index is 12.8. The summed E-state index contributed by atoms with van der Waals surface area (Å²) in [7, 11) is 0. The van der Waals surface area contributed by atoms with Gasteiger partial charge in [0.05, 0.1) is 6.61 Å². The third-order valence-corrected chi connectivity index (χ3v) is 3.65. The molecule has 26 heavy (non-hydrogen) atoms. The first-order valence-electron chi connectivity index (χ1n) is 8.04. The first-order valence-corrected chi connectivity index (χ1v) is 8.42. The molecule has 0 unspecified atom stereocenters. The lowest BCUT2D eigenvalue weighted by atomic mass is 10.2. The van der Waals surface area contributed by atoms with Gasteiger partial charge in [0.25, 0.3) is 5.91 Å². The van der Waals surface area contributed by atoms with E-state index in [0.29, 0.717) is 29.5 Å². The summed E-state index contributed by atoms with van der Waals surface area (Å²) in [5, 5.41) is 3.14. The van der Waals surface area contributed by atoms with E-state index in [9.17, 15) is 14.0 Å². The van der Waals surface area contributed by atoms with Crippen LogP contribution >= 0.6 is 11.6 Å². The molecule has 0 aliphatic carbocycles. The summed E-state index contributed by atoms with van der Waals surface area (Å²) in [6.07, 6.45) is 0.594. The molecule has 1 N–H and O–H groups in total. The van der Waals surface area contributed by atoms with E-state index in [0.717, 1.165) is 5.56 Å². The largest absolute Gasteiger partial charge is 0.493 e. The fourth-order valence-electron chi connectivity index (χ4n) is 2.12. The fourth-order valence-corrected chi connectivity index (χ4v) is 2.35. The molecular weight excluding hydrogens is 361 g/mol. The Morgan fingerprint density at radius 3 is 2.58 bits per heavy atom. The molecule has 0 radical (unpaired) electrons. The van der Waals surface area contributed by atoms with Gasteiger partial charge in [0.1, 0.15) is 11.6 Å². The van der Waals surface area contributed by atoms with Crippen LogP contribution in [0.15, 0.2) is 42.5 Å². The number of benzene rings is 2. The molecule has 0 aromatic heterocycles. The number of hydrogen-bond acceptors (Lipinski definition) is 4. The van der Waals surface area contributed by atoms with Crippen LogP contribution in [-0.4, -0.2) is 25.1 Å². The number of esters is 1. The summed E-state index contributed by atoms with van der Waals surface area (Å²) >= 11 is 5.87. The third kappa shape index (κ3) is 6.72. The van der Waals surface area contributed by atoms with Crippen molar-refractivity contribution >= 4 is 29.2 Å². The molecule has 0 aliphatic heterocycles. The molecule has 2 aromatic rings. The van der Waals surface area contributed by atoms with E-state index in [4.69, 9.17) is 21.1 Å². The van der Waals surface area contributed by atoms with Crippen molar-refractivity contribution in [2.45, 2.75) is 19.8 Å². The normalized spacial score (nSPS) is 10.3. The molecule has 2 rings (SSSR count). The van der Waals surface area contributed by atoms with Crippen molar-refractivity contribution < 1.29 is 23.5 Å². The second kappa shape index (κ2) is 9.77. The van der Waals surface area contributed by atoms with Crippen LogP contribution in [0.5, 0.6) is 5.75 Å². The predicted molar refractivity (Wildman–Crippen MR) is 96.9 cm³/mol. The average Bonchev–Trinajstić information content (AvgIpc) is 2.60. The zero-order valence-electron chi connectivity index (χ0n) is 14.3. The maximum Gasteiger partial charge on any atom is 0.306 e. The van der Waals surface area contributed by atoms with Crippen LogP contribution in [0.2, 0.25) is 5.02 Å². The van der Waals surface area contributed by atoms with Crippen LogP contribution < -0.4 is 10.1 Å². The molecule has 0 fully saturated rings. The molecule has 0 saturated carbocycles. The highest BCUT2D eigenvalue weighted by Gasteiger charge is 2.08. The van der Waals surface area contributed by atoms with Crippen molar-refractivity contribution in [2.75, 3.05) is 18.5 Å². The van der Waals surface area contributed by atoms with E-state index < -0.39 is 24.3 Å². The van der Waals surface area contributed by atoms with Crippen LogP contribution in [0, 0.1) is 12.7 Å². The molecule has 0 heterocycles. The lowest BCUT2D eigenvalue weighted by molar-refractivity contribution is -0.147. The SMILES string of the molecule is Cc1cc(Cl)ccc1OCCCC(=O)OCC(=O)Nc1ccc(F)cc1. The Morgan fingerprint density at radius 2 is 1.88 bits per heavy atom. The fraction of sp³-hybridized carbons (Fsp3) is 0.263. The predicted octanol–water partition coefficient (Wildman–Crippen LogP) is 4.13. The second-order valence-electron chi connectivity index (χ2n) is 5.58. The van der Waals surface area contributed by atoms with Gasteiger partial charge < -0.3 is 14.8 Å². The number of carbonyl (C=O) groups excluding carboxylic acids is 2. The van der Waals surface area contributed by atoms with E-state index in [1.807, 2.05) is 6.92 Å². The van der Waals surface area contributed by atoms with Crippen molar-refractivity contribution in [1.29, 1.82) is 0 Å². The summed E-state index contributed by atoms with van der Waals surface area (Å²) in [5.74, 6) is -0.666. The summed E-state index contributed by atoms with van der Waals surface area (Å²) in [6, 6.07) is 10.6. The number of anilines is 1. The first-order chi connectivity index (χ1) is 12.4. The van der Waals surface area contributed by atoms with E-state index in [1.54, 1.807) is 18.2 Å². The van der Waals surface area contributed by atoms with E-state index in [-0.39, 0.29) is 6.42 Å². The highest BCUT2D eigenvalue weighted by Crippen LogP contribution is 2.21. The van der Waals surface area contributed by atoms with Gasteiger partial charge >= 0.3 is 5.97 Å². The summed E-state index contributed by atoms with van der Waals surface area (Å²) in [4.78, 5) is 23.3. The number of rotatable bonds is 8. The van der Waals surface area contributed by atoms with E-state index >= 15 is 0 Å². The minimum atomic E-state index is -0.490. The van der Waals surface area contributed by atoms with Crippen molar-refractivity contribution in [3.8, 4) is 5.75 Å². The quantitative estimate of drug-likeness (QED) is 0.553. The van der Waals surface area contributed by atoms with Crippen LogP contribution in [0.4, 0.5) is 10.1 Å². The Hall–Kier alpha value is -2.60. The summed E-state index contributed by atoms with van der Waals surface area (Å²) in [5.41, 5.74) is 1.34. The maximum atomic E-state index is 12.8. The number of amides is 1. The van der Waals surface area contributed by atoms with Gasteiger partial charge in [-0.2, -0.15) is 0 Å². The monoisotopic (exact) mass is 379 g/mol. The van der Waals surface area contributed by atoms with Crippen molar-refractivity contribution in [3.05, 3.63) is 58.9 Å². The Balaban J connectivity index is 1.62. The molecule has 1 amide bonds. The Kier molecular flexibility index (Phi) is 7.41. The molecule has 5 nitrogen and oxygen atoms in total. The molecule has 0 bridgehead atoms. The zero-order valence-corrected chi connectivity index (χ0v) is 15.0. The highest BCUT2D eigenvalue weighted by molar-refractivity contribution is 6.30. The van der Waals surface area contributed by atoms with Gasteiger partial charge in [-0.05, 0) is 61.4 Å². The van der Waals surface area contributed by atoms with Gasteiger partial charge in [0.15, 0.2) is 6.61 Å². The number of nitrogens with one attached hydrogen (secondary N) is 1. The van der Waals surface area contributed by atoms with Crippen LogP contribution in [-0.2, 0) is 14.3 Å². The minimum Gasteiger partial charge on any atom is -0.493 e. The van der Waals surface area contributed by atoms with Gasteiger partial charge in [0.2, 0.25) is 0 Å². The standard InChI is InChI=1S/C19H19ClFNO4/c1-13-11-14(20)4-9-17(13)25-10-2-3-19(24)26-12-18(23)22-16-7-5-15(21)6-8-16/h4-9,11H,2-3,10,12H2,1H3,(H,22,23). The number of hydrogen-bond donors (Lipinski definition) is 1. The Bertz CT molecular complexity index is 765. The van der Waals surface area contributed by atoms with E-state index in [1.165, 1.54) is 24.3 Å². The second-order valence-corrected chi connectivity index (χ2v) is 6.01. The lowest BCUT2D eigenvalue weighted by Gasteiger charge is -2.09. The van der Waals surface area contributed by atoms with Gasteiger partial charge in [-0.15, -0.1) is 0 Å². The highest BCUT2D eigenvalue weighted by atomic mass is 35.5. The smallest absolute Gasteiger partial charge is 0.306 e. The van der Waals surface area contributed by atoms with E-state index in [2.05, 4.69) is 5.32 Å². The van der Waals surface area contributed by atoms with Crippen molar-refractivity contribution in [3.63, 3.8) is 0 Å². The number of aryl methyl sites for hydroxylation is 1. The van der Waals surface area contributed by atoms with Crippen LogP contribution in [0.1, 0.15) is 18.4 Å². The third-order valence-electron chi connectivity index (χ3n) is 3.41. The van der Waals surface area contributed by atoms with Gasteiger partial charge in [-0.3, -0.25) is 9.59 Å². The van der Waals surface area contributed by atoms with Crippen molar-refractivity contribution in [1.82, 2.24) is 0 Å². The molecule has 7 heteroatoms. The number of carbonyl (C=O) groups is 2. The number of halogens is 2. The van der Waals surface area contributed by atoms with Crippen molar-refractivity contribution in [2.24, 2.45) is 0 Å². The van der Waals surface area contributed by atoms with Crippen LogP contribution in [0.25, 0.3) is 0 Å². The average molecular weight is 380 g/mol. The molecule has 0 aliphatic rings. The lowest BCUT2D eigenvalue weighted by Crippen LogP contribution is -2.21. The first kappa shape index (κ1) is 19.7. The molecule has 138 valence electrons. The van der Waals surface area contributed by atoms with Gasteiger partial charge in [-0.25, -0.2) is 4.39 Å². The topological polar surface area (TPSA) is 64.6 Å². The van der Waals surface area contributed by atoms with Crippen LogP contribution in [0.3, 0.4) is 0 Å². The molecule has 0 spiro atoms. The molecule has 0 atom stereocenters. The Labute approximate surface area is 156 Å². The molecule has 2 aromatic carbocycles. The number of ether oxygens (including phenoxy) is 2. The summed E-state index contributed by atoms with van der Waals surface area (Å²) in [6.45, 7) is 1.84.